The van der Waals surface area contributed by atoms with E-state index in [9.17, 15) is 14.0 Å². The van der Waals surface area contributed by atoms with E-state index in [1.807, 2.05) is 0 Å². The monoisotopic (exact) mass is 448 g/mol. The predicted molar refractivity (Wildman–Crippen MR) is 121 cm³/mol. The van der Waals surface area contributed by atoms with Crippen molar-refractivity contribution >= 4 is 35.2 Å². The van der Waals surface area contributed by atoms with E-state index in [1.165, 1.54) is 12.1 Å². The molecule has 160 valence electrons. The highest BCUT2D eigenvalue weighted by molar-refractivity contribution is 6.32. The molecule has 32 heavy (non-hydrogen) atoms. The molecule has 0 N–H and O–H groups in total. The van der Waals surface area contributed by atoms with Crippen LogP contribution in [0.2, 0.25) is 5.02 Å². The number of imide groups is 1. The second-order valence-corrected chi connectivity index (χ2v) is 7.57. The fraction of sp³-hybridized carbons (Fsp3) is 0.0800. The predicted octanol–water partition coefficient (Wildman–Crippen LogP) is 5.50. The van der Waals surface area contributed by atoms with Crippen LogP contribution < -0.4 is 4.74 Å². The number of carbonyl (C=O) groups is 2. The van der Waals surface area contributed by atoms with Crippen LogP contribution in [-0.4, -0.2) is 22.5 Å². The molecule has 0 radical (unpaired) electrons. The lowest BCUT2D eigenvalue weighted by Gasteiger charge is -2.11. The van der Waals surface area contributed by atoms with E-state index in [2.05, 4.69) is 5.10 Å². The number of amides is 2. The van der Waals surface area contributed by atoms with Crippen molar-refractivity contribution in [1.82, 2.24) is 5.01 Å². The number of halogens is 2. The summed E-state index contributed by atoms with van der Waals surface area (Å²) >= 11 is 6.16. The van der Waals surface area contributed by atoms with E-state index in [0.29, 0.717) is 33.2 Å². The van der Waals surface area contributed by atoms with E-state index in [1.54, 1.807) is 73.7 Å². The van der Waals surface area contributed by atoms with Gasteiger partial charge in [0.25, 0.3) is 11.8 Å². The Hall–Kier alpha value is -3.77. The average molecular weight is 449 g/mol. The normalized spacial score (nSPS) is 14.6. The molecular formula is C25H18ClFN2O3. The van der Waals surface area contributed by atoms with Crippen LogP contribution in [0.25, 0.3) is 6.08 Å². The average Bonchev–Trinajstić information content (AvgIpc) is 3.07. The van der Waals surface area contributed by atoms with E-state index in [-0.39, 0.29) is 18.0 Å². The molecule has 0 saturated carbocycles. The minimum Gasteiger partial charge on any atom is -0.488 e. The topological polar surface area (TPSA) is 59.0 Å². The van der Waals surface area contributed by atoms with Gasteiger partial charge in [0.1, 0.15) is 18.2 Å². The molecule has 2 amide bonds. The van der Waals surface area contributed by atoms with Gasteiger partial charge in [-0.3, -0.25) is 9.59 Å². The van der Waals surface area contributed by atoms with E-state index in [0.717, 1.165) is 5.01 Å². The van der Waals surface area contributed by atoms with E-state index < -0.39 is 11.8 Å². The van der Waals surface area contributed by atoms with Crippen LogP contribution >= 0.6 is 11.6 Å². The summed E-state index contributed by atoms with van der Waals surface area (Å²) in [6.45, 7) is 1.79. The molecule has 3 aromatic rings. The van der Waals surface area contributed by atoms with Gasteiger partial charge in [-0.25, -0.2) is 4.39 Å². The summed E-state index contributed by atoms with van der Waals surface area (Å²) < 4.78 is 19.3. The van der Waals surface area contributed by atoms with Gasteiger partial charge in [-0.2, -0.15) is 10.1 Å². The first-order chi connectivity index (χ1) is 15.4. The molecule has 1 aliphatic heterocycles. The minimum atomic E-state index is -0.535. The van der Waals surface area contributed by atoms with Crippen LogP contribution in [0, 0.1) is 5.82 Å². The first-order valence-corrected chi connectivity index (χ1v) is 10.2. The summed E-state index contributed by atoms with van der Waals surface area (Å²) in [6.07, 6.45) is 1.59. The standard InChI is InChI=1S/C25H18ClFN2O3/c1-16-22(25(31)29(28-16)24(30)18-7-3-2-4-8-18)14-19-13-20(26)10-11-23(19)32-15-17-6-5-9-21(27)12-17/h2-14H,15H2,1H3/b22-14+. The van der Waals surface area contributed by atoms with Gasteiger partial charge in [-0.15, -0.1) is 0 Å². The second kappa shape index (κ2) is 9.16. The van der Waals surface area contributed by atoms with Gasteiger partial charge in [-0.05, 0) is 61.0 Å². The number of hydrogen-bond donors (Lipinski definition) is 0. The largest absolute Gasteiger partial charge is 0.488 e. The Kier molecular flexibility index (Phi) is 6.14. The lowest BCUT2D eigenvalue weighted by molar-refractivity contribution is -0.123. The summed E-state index contributed by atoms with van der Waals surface area (Å²) in [6, 6.07) is 19.6. The zero-order valence-electron chi connectivity index (χ0n) is 17.1. The third-order valence-electron chi connectivity index (χ3n) is 4.83. The van der Waals surface area contributed by atoms with Gasteiger partial charge in [0, 0.05) is 16.1 Å². The third kappa shape index (κ3) is 4.60. The number of hydrazone groups is 1. The van der Waals surface area contributed by atoms with Crippen molar-refractivity contribution in [2.75, 3.05) is 0 Å². The smallest absolute Gasteiger partial charge is 0.283 e. The Labute approximate surface area is 189 Å². The van der Waals surface area contributed by atoms with Gasteiger partial charge >= 0.3 is 0 Å². The van der Waals surface area contributed by atoms with Crippen molar-refractivity contribution in [1.29, 1.82) is 0 Å². The maximum absolute atomic E-state index is 13.4. The maximum atomic E-state index is 13.4. The lowest BCUT2D eigenvalue weighted by Crippen LogP contribution is -2.29. The van der Waals surface area contributed by atoms with Crippen molar-refractivity contribution in [2.24, 2.45) is 5.10 Å². The maximum Gasteiger partial charge on any atom is 0.283 e. The molecule has 4 rings (SSSR count). The molecule has 0 bridgehead atoms. The summed E-state index contributed by atoms with van der Waals surface area (Å²) in [5.74, 6) is -0.935. The first kappa shape index (κ1) is 21.5. The molecule has 3 aromatic carbocycles. The van der Waals surface area contributed by atoms with Gasteiger partial charge < -0.3 is 4.74 Å². The molecule has 0 atom stereocenters. The molecule has 5 nitrogen and oxygen atoms in total. The summed E-state index contributed by atoms with van der Waals surface area (Å²) in [7, 11) is 0. The van der Waals surface area contributed by atoms with Crippen molar-refractivity contribution in [3.8, 4) is 5.75 Å². The van der Waals surface area contributed by atoms with E-state index in [4.69, 9.17) is 16.3 Å². The Bertz CT molecular complexity index is 1260. The number of ether oxygens (including phenoxy) is 1. The molecule has 0 unspecified atom stereocenters. The molecular weight excluding hydrogens is 431 g/mol. The van der Waals surface area contributed by atoms with Crippen molar-refractivity contribution in [2.45, 2.75) is 13.5 Å². The Morgan fingerprint density at radius 2 is 1.88 bits per heavy atom. The molecule has 0 aliphatic carbocycles. The number of carbonyl (C=O) groups excluding carboxylic acids is 2. The van der Waals surface area contributed by atoms with Crippen LogP contribution in [-0.2, 0) is 11.4 Å². The zero-order valence-corrected chi connectivity index (χ0v) is 17.8. The SMILES string of the molecule is CC1=NN(C(=O)c2ccccc2)C(=O)/C1=C/c1cc(Cl)ccc1OCc1cccc(F)c1. The number of rotatable bonds is 5. The highest BCUT2D eigenvalue weighted by Gasteiger charge is 2.33. The molecule has 0 fully saturated rings. The molecule has 1 aliphatic rings. The van der Waals surface area contributed by atoms with Crippen molar-refractivity contribution in [3.05, 3.63) is 106 Å². The highest BCUT2D eigenvalue weighted by atomic mass is 35.5. The number of nitrogens with zero attached hydrogens (tertiary/aromatic N) is 2. The van der Waals surface area contributed by atoms with E-state index >= 15 is 0 Å². The molecule has 0 spiro atoms. The Morgan fingerprint density at radius 3 is 2.62 bits per heavy atom. The molecule has 0 saturated heterocycles. The quantitative estimate of drug-likeness (QED) is 0.382. The van der Waals surface area contributed by atoms with Crippen molar-refractivity contribution < 1.29 is 18.7 Å². The Morgan fingerprint density at radius 1 is 1.09 bits per heavy atom. The van der Waals surface area contributed by atoms with Gasteiger partial charge in [0.05, 0.1) is 11.3 Å². The number of benzene rings is 3. The van der Waals surface area contributed by atoms with Gasteiger partial charge in [-0.1, -0.05) is 41.9 Å². The fourth-order valence-corrected chi connectivity index (χ4v) is 3.41. The summed E-state index contributed by atoms with van der Waals surface area (Å²) in [4.78, 5) is 25.7. The fourth-order valence-electron chi connectivity index (χ4n) is 3.23. The Balaban J connectivity index is 1.60. The molecule has 1 heterocycles. The third-order valence-corrected chi connectivity index (χ3v) is 5.07. The highest BCUT2D eigenvalue weighted by Crippen LogP contribution is 2.29. The summed E-state index contributed by atoms with van der Waals surface area (Å²) in [5.41, 5.74) is 2.22. The first-order valence-electron chi connectivity index (χ1n) is 9.80. The van der Waals surface area contributed by atoms with Crippen LogP contribution in [0.3, 0.4) is 0 Å². The van der Waals surface area contributed by atoms with Crippen LogP contribution in [0.1, 0.15) is 28.4 Å². The number of hydrogen-bond acceptors (Lipinski definition) is 4. The minimum absolute atomic E-state index is 0.134. The van der Waals surface area contributed by atoms with Gasteiger partial charge in [0.15, 0.2) is 0 Å². The molecule has 7 heteroatoms. The van der Waals surface area contributed by atoms with Gasteiger partial charge in [0.2, 0.25) is 0 Å². The van der Waals surface area contributed by atoms with Crippen LogP contribution in [0.15, 0.2) is 83.5 Å². The summed E-state index contributed by atoms with van der Waals surface area (Å²) in [5, 5.41) is 5.45. The lowest BCUT2D eigenvalue weighted by atomic mass is 10.1. The van der Waals surface area contributed by atoms with Crippen LogP contribution in [0.5, 0.6) is 5.75 Å². The van der Waals surface area contributed by atoms with Crippen LogP contribution in [0.4, 0.5) is 4.39 Å². The zero-order chi connectivity index (χ0) is 22.7. The second-order valence-electron chi connectivity index (χ2n) is 7.13. The van der Waals surface area contributed by atoms with Crippen molar-refractivity contribution in [3.63, 3.8) is 0 Å². The molecule has 0 aromatic heterocycles.